The second-order valence-electron chi connectivity index (χ2n) is 4.85. The van der Waals surface area contributed by atoms with E-state index in [1.165, 1.54) is 0 Å². The molecule has 21 heavy (non-hydrogen) atoms. The zero-order chi connectivity index (χ0) is 14.7. The molecule has 1 N–H and O–H groups in total. The van der Waals surface area contributed by atoms with E-state index in [0.717, 1.165) is 29.1 Å². The van der Waals surface area contributed by atoms with Crippen molar-refractivity contribution in [3.05, 3.63) is 59.7 Å². The molecule has 0 fully saturated rings. The molecule has 0 aliphatic carbocycles. The van der Waals surface area contributed by atoms with Crippen LogP contribution in [-0.4, -0.2) is 16.1 Å². The summed E-state index contributed by atoms with van der Waals surface area (Å²) in [5, 5.41) is 12.3. The van der Waals surface area contributed by atoms with E-state index in [4.69, 9.17) is 5.26 Å². The van der Waals surface area contributed by atoms with Crippen LogP contribution in [-0.2, 0) is 6.54 Å². The molecule has 0 aliphatic heterocycles. The molecule has 0 saturated heterocycles. The number of aromatic nitrogens is 2. The molecule has 1 heterocycles. The monoisotopic (exact) mass is 276 g/mol. The molecule has 0 bridgehead atoms. The van der Waals surface area contributed by atoms with Crippen molar-refractivity contribution in [3.63, 3.8) is 0 Å². The van der Waals surface area contributed by atoms with E-state index in [9.17, 15) is 0 Å². The van der Waals surface area contributed by atoms with Gasteiger partial charge in [-0.05, 0) is 36.8 Å². The highest BCUT2D eigenvalue weighted by Crippen LogP contribution is 2.21. The molecule has 1 aromatic heterocycles. The SMILES string of the molecule is CCNc1nc2ccccc2n1Cc1cccc(C#N)c1. The van der Waals surface area contributed by atoms with Crippen molar-refractivity contribution < 1.29 is 0 Å². The lowest BCUT2D eigenvalue weighted by Crippen LogP contribution is -2.08. The van der Waals surface area contributed by atoms with Gasteiger partial charge in [-0.15, -0.1) is 0 Å². The first-order valence-electron chi connectivity index (χ1n) is 7.00. The minimum atomic E-state index is 0.682. The quantitative estimate of drug-likeness (QED) is 0.794. The number of nitrogens with one attached hydrogen (secondary N) is 1. The highest BCUT2D eigenvalue weighted by molar-refractivity contribution is 5.78. The third-order valence-electron chi connectivity index (χ3n) is 3.39. The Morgan fingerprint density at radius 1 is 1.19 bits per heavy atom. The number of fused-ring (bicyclic) bond motifs is 1. The normalized spacial score (nSPS) is 10.5. The fourth-order valence-corrected chi connectivity index (χ4v) is 2.45. The Kier molecular flexibility index (Phi) is 3.57. The highest BCUT2D eigenvalue weighted by Gasteiger charge is 2.10. The van der Waals surface area contributed by atoms with Gasteiger partial charge in [0.2, 0.25) is 5.95 Å². The first-order chi connectivity index (χ1) is 10.3. The molecule has 0 unspecified atom stereocenters. The maximum Gasteiger partial charge on any atom is 0.204 e. The summed E-state index contributed by atoms with van der Waals surface area (Å²) < 4.78 is 2.15. The van der Waals surface area contributed by atoms with E-state index in [1.54, 1.807) is 0 Å². The molecule has 0 saturated carbocycles. The third-order valence-corrected chi connectivity index (χ3v) is 3.39. The standard InChI is InChI=1S/C17H16N4/c1-2-19-17-20-15-8-3-4-9-16(15)21(17)12-14-7-5-6-13(10-14)11-18/h3-10H,2,12H2,1H3,(H,19,20). The lowest BCUT2D eigenvalue weighted by Gasteiger charge is -2.10. The van der Waals surface area contributed by atoms with Crippen LogP contribution in [0.2, 0.25) is 0 Å². The maximum absolute atomic E-state index is 9.02. The predicted octanol–water partition coefficient (Wildman–Crippen LogP) is 3.39. The Hall–Kier alpha value is -2.80. The van der Waals surface area contributed by atoms with Crippen LogP contribution in [0, 0.1) is 11.3 Å². The Labute approximate surface area is 123 Å². The van der Waals surface area contributed by atoms with Crippen molar-refractivity contribution in [2.45, 2.75) is 13.5 Å². The van der Waals surface area contributed by atoms with Crippen molar-refractivity contribution in [1.82, 2.24) is 9.55 Å². The first kappa shape index (κ1) is 13.2. The molecule has 0 amide bonds. The van der Waals surface area contributed by atoms with Gasteiger partial charge < -0.3 is 9.88 Å². The van der Waals surface area contributed by atoms with E-state index < -0.39 is 0 Å². The van der Waals surface area contributed by atoms with E-state index in [-0.39, 0.29) is 0 Å². The topological polar surface area (TPSA) is 53.6 Å². The molecule has 0 radical (unpaired) electrons. The molecular formula is C17H16N4. The highest BCUT2D eigenvalue weighted by atomic mass is 15.2. The van der Waals surface area contributed by atoms with Gasteiger partial charge >= 0.3 is 0 Å². The number of rotatable bonds is 4. The van der Waals surface area contributed by atoms with Gasteiger partial charge in [0.25, 0.3) is 0 Å². The van der Waals surface area contributed by atoms with E-state index in [1.807, 2.05) is 42.5 Å². The van der Waals surface area contributed by atoms with Gasteiger partial charge in [-0.2, -0.15) is 5.26 Å². The Balaban J connectivity index is 2.06. The number of para-hydroxylation sites is 2. The molecule has 104 valence electrons. The summed E-state index contributed by atoms with van der Waals surface area (Å²) in [5.41, 5.74) is 3.85. The van der Waals surface area contributed by atoms with Crippen LogP contribution in [0.3, 0.4) is 0 Å². The Morgan fingerprint density at radius 2 is 2.05 bits per heavy atom. The number of imidazole rings is 1. The van der Waals surface area contributed by atoms with Gasteiger partial charge in [0.15, 0.2) is 0 Å². The van der Waals surface area contributed by atoms with Gasteiger partial charge in [0.1, 0.15) is 0 Å². The van der Waals surface area contributed by atoms with Crippen LogP contribution < -0.4 is 5.32 Å². The van der Waals surface area contributed by atoms with Gasteiger partial charge in [0.05, 0.1) is 29.2 Å². The maximum atomic E-state index is 9.02. The number of nitriles is 1. The summed E-state index contributed by atoms with van der Waals surface area (Å²) in [4.78, 5) is 4.63. The average molecular weight is 276 g/mol. The fourth-order valence-electron chi connectivity index (χ4n) is 2.45. The minimum absolute atomic E-state index is 0.682. The molecule has 4 nitrogen and oxygen atoms in total. The van der Waals surface area contributed by atoms with Gasteiger partial charge in [-0.3, -0.25) is 0 Å². The molecule has 0 atom stereocenters. The zero-order valence-corrected chi connectivity index (χ0v) is 11.9. The van der Waals surface area contributed by atoms with Gasteiger partial charge in [-0.1, -0.05) is 24.3 Å². The Bertz CT molecular complexity index is 811. The second kappa shape index (κ2) is 5.68. The van der Waals surface area contributed by atoms with Gasteiger partial charge in [-0.25, -0.2) is 4.98 Å². The summed E-state index contributed by atoms with van der Waals surface area (Å²) in [6.07, 6.45) is 0. The zero-order valence-electron chi connectivity index (χ0n) is 11.9. The summed E-state index contributed by atoms with van der Waals surface area (Å²) in [5.74, 6) is 0.862. The van der Waals surface area contributed by atoms with E-state index >= 15 is 0 Å². The number of benzene rings is 2. The van der Waals surface area contributed by atoms with Crippen molar-refractivity contribution >= 4 is 17.0 Å². The van der Waals surface area contributed by atoms with E-state index in [2.05, 4.69) is 33.9 Å². The van der Waals surface area contributed by atoms with Crippen molar-refractivity contribution in [1.29, 1.82) is 5.26 Å². The lowest BCUT2D eigenvalue weighted by atomic mass is 10.1. The number of hydrogen-bond donors (Lipinski definition) is 1. The van der Waals surface area contributed by atoms with Crippen molar-refractivity contribution in [2.24, 2.45) is 0 Å². The summed E-state index contributed by atoms with van der Waals surface area (Å²) in [6.45, 7) is 3.57. The summed E-state index contributed by atoms with van der Waals surface area (Å²) >= 11 is 0. The van der Waals surface area contributed by atoms with Crippen LogP contribution in [0.15, 0.2) is 48.5 Å². The molecule has 3 aromatic rings. The second-order valence-corrected chi connectivity index (χ2v) is 4.85. The average Bonchev–Trinajstić information content (AvgIpc) is 2.86. The van der Waals surface area contributed by atoms with E-state index in [0.29, 0.717) is 12.1 Å². The third kappa shape index (κ3) is 2.59. The molecule has 4 heteroatoms. The summed E-state index contributed by atoms with van der Waals surface area (Å²) in [6, 6.07) is 18.0. The first-order valence-corrected chi connectivity index (χ1v) is 7.00. The molecular weight excluding hydrogens is 260 g/mol. The number of hydrogen-bond acceptors (Lipinski definition) is 3. The predicted molar refractivity (Wildman–Crippen MR) is 84.2 cm³/mol. The molecule has 0 aliphatic rings. The largest absolute Gasteiger partial charge is 0.356 e. The smallest absolute Gasteiger partial charge is 0.204 e. The van der Waals surface area contributed by atoms with Crippen LogP contribution in [0.25, 0.3) is 11.0 Å². The van der Waals surface area contributed by atoms with Crippen molar-refractivity contribution in [3.8, 4) is 6.07 Å². The summed E-state index contributed by atoms with van der Waals surface area (Å²) in [7, 11) is 0. The number of nitrogens with zero attached hydrogens (tertiary/aromatic N) is 3. The number of anilines is 1. The lowest BCUT2D eigenvalue weighted by molar-refractivity contribution is 0.825. The van der Waals surface area contributed by atoms with Gasteiger partial charge in [0, 0.05) is 6.54 Å². The van der Waals surface area contributed by atoms with Crippen molar-refractivity contribution in [2.75, 3.05) is 11.9 Å². The minimum Gasteiger partial charge on any atom is -0.356 e. The molecule has 2 aromatic carbocycles. The van der Waals surface area contributed by atoms with Crippen LogP contribution >= 0.6 is 0 Å². The molecule has 3 rings (SSSR count). The van der Waals surface area contributed by atoms with Crippen LogP contribution in [0.4, 0.5) is 5.95 Å². The Morgan fingerprint density at radius 3 is 2.86 bits per heavy atom. The van der Waals surface area contributed by atoms with Crippen LogP contribution in [0.5, 0.6) is 0 Å². The fraction of sp³-hybridized carbons (Fsp3) is 0.176. The molecule has 0 spiro atoms. The van der Waals surface area contributed by atoms with Crippen LogP contribution in [0.1, 0.15) is 18.1 Å².